The van der Waals surface area contributed by atoms with Crippen molar-refractivity contribution in [3.05, 3.63) is 23.8 Å². The van der Waals surface area contributed by atoms with Gasteiger partial charge in [-0.3, -0.25) is 0 Å². The normalized spacial score (nSPS) is 23.3. The van der Waals surface area contributed by atoms with Crippen molar-refractivity contribution in [3.63, 3.8) is 0 Å². The third-order valence-corrected chi connectivity index (χ3v) is 4.29. The van der Waals surface area contributed by atoms with E-state index in [1.807, 2.05) is 6.07 Å². The summed E-state index contributed by atoms with van der Waals surface area (Å²) in [5, 5.41) is 13.4. The minimum Gasteiger partial charge on any atom is -0.508 e. The Morgan fingerprint density at radius 1 is 1.26 bits per heavy atom. The number of hydrogen-bond donors (Lipinski definition) is 2. The van der Waals surface area contributed by atoms with Gasteiger partial charge in [0.05, 0.1) is 7.11 Å². The summed E-state index contributed by atoms with van der Waals surface area (Å²) >= 11 is 0. The lowest BCUT2D eigenvalue weighted by Crippen LogP contribution is -2.32. The zero-order valence-electron chi connectivity index (χ0n) is 12.0. The molecule has 0 atom stereocenters. The molecule has 3 nitrogen and oxygen atoms in total. The Bertz CT molecular complexity index is 398. The molecule has 19 heavy (non-hydrogen) atoms. The van der Waals surface area contributed by atoms with Crippen LogP contribution < -0.4 is 10.1 Å². The number of rotatable bonds is 5. The van der Waals surface area contributed by atoms with Crippen LogP contribution in [0.25, 0.3) is 0 Å². The van der Waals surface area contributed by atoms with Crippen LogP contribution in [0.1, 0.15) is 44.6 Å². The smallest absolute Gasteiger partial charge is 0.120 e. The Hall–Kier alpha value is -1.22. The van der Waals surface area contributed by atoms with Crippen LogP contribution in [0, 0.1) is 5.92 Å². The number of ether oxygens (including phenoxy) is 1. The number of phenols is 1. The maximum absolute atomic E-state index is 9.84. The molecule has 106 valence electrons. The summed E-state index contributed by atoms with van der Waals surface area (Å²) in [5.74, 6) is 2.06. The zero-order valence-corrected chi connectivity index (χ0v) is 12.0. The first-order chi connectivity index (χ1) is 9.22. The van der Waals surface area contributed by atoms with E-state index in [1.54, 1.807) is 19.2 Å². The Morgan fingerprint density at radius 3 is 2.63 bits per heavy atom. The van der Waals surface area contributed by atoms with Gasteiger partial charge in [0.25, 0.3) is 0 Å². The van der Waals surface area contributed by atoms with Gasteiger partial charge in [-0.2, -0.15) is 0 Å². The van der Waals surface area contributed by atoms with E-state index in [2.05, 4.69) is 12.2 Å². The molecule has 0 aromatic heterocycles. The van der Waals surface area contributed by atoms with Crippen LogP contribution >= 0.6 is 0 Å². The molecule has 1 aliphatic rings. The topological polar surface area (TPSA) is 41.5 Å². The average Bonchev–Trinajstić information content (AvgIpc) is 2.47. The summed E-state index contributed by atoms with van der Waals surface area (Å²) in [6.07, 6.45) is 6.48. The van der Waals surface area contributed by atoms with E-state index in [4.69, 9.17) is 4.74 Å². The molecule has 0 amide bonds. The lowest BCUT2D eigenvalue weighted by Gasteiger charge is -2.28. The van der Waals surface area contributed by atoms with Gasteiger partial charge < -0.3 is 15.2 Å². The zero-order chi connectivity index (χ0) is 13.7. The van der Waals surface area contributed by atoms with Crippen LogP contribution in [-0.2, 0) is 6.54 Å². The second-order valence-corrected chi connectivity index (χ2v) is 5.50. The molecule has 0 bridgehead atoms. The molecule has 2 N–H and O–H groups in total. The maximum atomic E-state index is 9.84. The summed E-state index contributed by atoms with van der Waals surface area (Å²) in [7, 11) is 1.65. The van der Waals surface area contributed by atoms with E-state index in [0.29, 0.717) is 18.3 Å². The van der Waals surface area contributed by atoms with Crippen LogP contribution in [0.15, 0.2) is 18.2 Å². The highest BCUT2D eigenvalue weighted by Crippen LogP contribution is 2.27. The van der Waals surface area contributed by atoms with Crippen molar-refractivity contribution >= 4 is 0 Å². The lowest BCUT2D eigenvalue weighted by molar-refractivity contribution is 0.284. The van der Waals surface area contributed by atoms with E-state index in [9.17, 15) is 5.11 Å². The second kappa shape index (κ2) is 6.80. The third-order valence-electron chi connectivity index (χ3n) is 4.29. The van der Waals surface area contributed by atoms with Crippen molar-refractivity contribution in [1.29, 1.82) is 0 Å². The molecule has 1 aliphatic carbocycles. The SMILES string of the molecule is CCC1CCC(NCc2cc(OC)ccc2O)CC1. The number of aromatic hydroxyl groups is 1. The Balaban J connectivity index is 1.85. The average molecular weight is 263 g/mol. The molecule has 1 aromatic carbocycles. The van der Waals surface area contributed by atoms with E-state index >= 15 is 0 Å². The Kier molecular flexibility index (Phi) is 5.08. The highest BCUT2D eigenvalue weighted by atomic mass is 16.5. The van der Waals surface area contributed by atoms with Gasteiger partial charge in [0.1, 0.15) is 11.5 Å². The largest absolute Gasteiger partial charge is 0.508 e. The Morgan fingerprint density at radius 2 is 2.00 bits per heavy atom. The minimum absolute atomic E-state index is 0.343. The third kappa shape index (κ3) is 3.87. The van der Waals surface area contributed by atoms with E-state index in [-0.39, 0.29) is 0 Å². The predicted octanol–water partition coefficient (Wildman–Crippen LogP) is 3.46. The van der Waals surface area contributed by atoms with Gasteiger partial charge in [0, 0.05) is 18.2 Å². The molecule has 1 fully saturated rings. The molecule has 2 rings (SSSR count). The van der Waals surface area contributed by atoms with E-state index < -0.39 is 0 Å². The van der Waals surface area contributed by atoms with E-state index in [0.717, 1.165) is 17.2 Å². The number of nitrogens with one attached hydrogen (secondary N) is 1. The molecule has 0 saturated heterocycles. The molecule has 0 aliphatic heterocycles. The number of methoxy groups -OCH3 is 1. The lowest BCUT2D eigenvalue weighted by atomic mass is 9.84. The summed E-state index contributed by atoms with van der Waals surface area (Å²) in [6.45, 7) is 3.00. The van der Waals surface area contributed by atoms with Crippen molar-refractivity contribution in [2.75, 3.05) is 7.11 Å². The molecule has 0 spiro atoms. The minimum atomic E-state index is 0.343. The molecule has 0 unspecified atom stereocenters. The van der Waals surface area contributed by atoms with Crippen LogP contribution in [0.2, 0.25) is 0 Å². The molecule has 0 heterocycles. The van der Waals surface area contributed by atoms with Crippen LogP contribution in [0.5, 0.6) is 11.5 Å². The maximum Gasteiger partial charge on any atom is 0.120 e. The summed E-state index contributed by atoms with van der Waals surface area (Å²) in [4.78, 5) is 0. The first-order valence-electron chi connectivity index (χ1n) is 7.32. The molecule has 1 aromatic rings. The molecular weight excluding hydrogens is 238 g/mol. The number of benzene rings is 1. The second-order valence-electron chi connectivity index (χ2n) is 5.50. The van der Waals surface area contributed by atoms with E-state index in [1.165, 1.54) is 32.1 Å². The van der Waals surface area contributed by atoms with Gasteiger partial charge in [-0.25, -0.2) is 0 Å². The fourth-order valence-corrected chi connectivity index (χ4v) is 2.86. The van der Waals surface area contributed by atoms with Gasteiger partial charge in [0.2, 0.25) is 0 Å². The van der Waals surface area contributed by atoms with Crippen LogP contribution in [0.3, 0.4) is 0 Å². The highest BCUT2D eigenvalue weighted by Gasteiger charge is 2.19. The fraction of sp³-hybridized carbons (Fsp3) is 0.625. The van der Waals surface area contributed by atoms with Gasteiger partial charge in [-0.1, -0.05) is 13.3 Å². The fourth-order valence-electron chi connectivity index (χ4n) is 2.86. The summed E-state index contributed by atoms with van der Waals surface area (Å²) in [6, 6.07) is 5.98. The monoisotopic (exact) mass is 263 g/mol. The van der Waals surface area contributed by atoms with Crippen molar-refractivity contribution in [2.24, 2.45) is 5.92 Å². The summed E-state index contributed by atoms with van der Waals surface area (Å²) in [5.41, 5.74) is 0.914. The highest BCUT2D eigenvalue weighted by molar-refractivity contribution is 5.39. The molecular formula is C16H25NO2. The van der Waals surface area contributed by atoms with Gasteiger partial charge in [-0.05, 0) is 49.8 Å². The predicted molar refractivity (Wildman–Crippen MR) is 77.5 cm³/mol. The van der Waals surface area contributed by atoms with Crippen molar-refractivity contribution < 1.29 is 9.84 Å². The molecule has 1 saturated carbocycles. The molecule has 3 heteroatoms. The quantitative estimate of drug-likeness (QED) is 0.855. The van der Waals surface area contributed by atoms with Crippen molar-refractivity contribution in [3.8, 4) is 11.5 Å². The Labute approximate surface area is 116 Å². The van der Waals surface area contributed by atoms with Gasteiger partial charge in [-0.15, -0.1) is 0 Å². The van der Waals surface area contributed by atoms with Gasteiger partial charge >= 0.3 is 0 Å². The van der Waals surface area contributed by atoms with Crippen molar-refractivity contribution in [2.45, 2.75) is 51.6 Å². The van der Waals surface area contributed by atoms with Crippen LogP contribution in [0.4, 0.5) is 0 Å². The van der Waals surface area contributed by atoms with Crippen molar-refractivity contribution in [1.82, 2.24) is 5.32 Å². The first kappa shape index (κ1) is 14.2. The van der Waals surface area contributed by atoms with Crippen LogP contribution in [-0.4, -0.2) is 18.3 Å². The van der Waals surface area contributed by atoms with Gasteiger partial charge in [0.15, 0.2) is 0 Å². The number of phenolic OH excluding ortho intramolecular Hbond substituents is 1. The number of hydrogen-bond acceptors (Lipinski definition) is 3. The first-order valence-corrected chi connectivity index (χ1v) is 7.32. The molecule has 0 radical (unpaired) electrons. The standard InChI is InChI=1S/C16H25NO2/c1-3-12-4-6-14(7-5-12)17-11-13-10-15(19-2)8-9-16(13)18/h8-10,12,14,17-18H,3-7,11H2,1-2H3. The summed E-state index contributed by atoms with van der Waals surface area (Å²) < 4.78 is 5.19.